The van der Waals surface area contributed by atoms with Crippen LogP contribution in [0.1, 0.15) is 18.4 Å². The second-order valence-electron chi connectivity index (χ2n) is 5.51. The van der Waals surface area contributed by atoms with Gasteiger partial charge in [-0.05, 0) is 36.6 Å². The van der Waals surface area contributed by atoms with E-state index in [0.29, 0.717) is 12.8 Å². The van der Waals surface area contributed by atoms with E-state index in [2.05, 4.69) is 15.6 Å². The highest BCUT2D eigenvalue weighted by Gasteiger charge is 2.26. The molecular formula is C17H17N3O3. The van der Waals surface area contributed by atoms with E-state index in [1.807, 2.05) is 24.3 Å². The van der Waals surface area contributed by atoms with Crippen molar-refractivity contribution in [2.75, 3.05) is 10.6 Å². The van der Waals surface area contributed by atoms with Crippen LogP contribution in [0.5, 0.6) is 5.75 Å². The third-order valence-electron chi connectivity index (χ3n) is 3.88. The van der Waals surface area contributed by atoms with Crippen molar-refractivity contribution in [1.82, 2.24) is 4.98 Å². The molecular weight excluding hydrogens is 294 g/mol. The van der Waals surface area contributed by atoms with Crippen molar-refractivity contribution in [3.8, 4) is 5.75 Å². The van der Waals surface area contributed by atoms with Gasteiger partial charge in [-0.2, -0.15) is 0 Å². The van der Waals surface area contributed by atoms with E-state index >= 15 is 0 Å². The van der Waals surface area contributed by atoms with E-state index in [1.165, 1.54) is 12.3 Å². The molecule has 6 heteroatoms. The summed E-state index contributed by atoms with van der Waals surface area (Å²) in [6, 6.07) is 10.7. The van der Waals surface area contributed by atoms with Crippen molar-refractivity contribution in [2.24, 2.45) is 5.92 Å². The summed E-state index contributed by atoms with van der Waals surface area (Å²) in [4.78, 5) is 27.9. The number of para-hydroxylation sites is 1. The Bertz CT molecular complexity index is 745. The van der Waals surface area contributed by atoms with Crippen LogP contribution in [0.2, 0.25) is 0 Å². The van der Waals surface area contributed by atoms with Gasteiger partial charge in [0.05, 0.1) is 0 Å². The van der Waals surface area contributed by atoms with E-state index in [0.717, 1.165) is 11.3 Å². The Morgan fingerprint density at radius 2 is 2.13 bits per heavy atom. The Hall–Kier alpha value is -2.89. The van der Waals surface area contributed by atoms with Gasteiger partial charge in [-0.25, -0.2) is 4.98 Å². The maximum absolute atomic E-state index is 12.1. The zero-order valence-electron chi connectivity index (χ0n) is 12.5. The number of rotatable bonds is 4. The lowest BCUT2D eigenvalue weighted by molar-refractivity contribution is -0.121. The van der Waals surface area contributed by atoms with Crippen LogP contribution in [0.4, 0.5) is 11.5 Å². The maximum atomic E-state index is 12.1. The summed E-state index contributed by atoms with van der Waals surface area (Å²) in [5.74, 6) is -0.503. The third kappa shape index (κ3) is 3.48. The third-order valence-corrected chi connectivity index (χ3v) is 3.88. The van der Waals surface area contributed by atoms with Gasteiger partial charge in [-0.3, -0.25) is 9.59 Å². The number of aromatic nitrogens is 1. The van der Waals surface area contributed by atoms with Crippen molar-refractivity contribution in [1.29, 1.82) is 0 Å². The number of anilines is 2. The largest absolute Gasteiger partial charge is 0.504 e. The van der Waals surface area contributed by atoms with Crippen LogP contribution in [-0.2, 0) is 16.0 Å². The van der Waals surface area contributed by atoms with Gasteiger partial charge in [0.15, 0.2) is 11.6 Å². The standard InChI is InChI=1S/C17H17N3O3/c21-14-6-3-9-18-16(14)20-15(22)8-7-12-10-11-4-1-2-5-13(11)19-17(12)23/h1-6,9,12,21H,7-8,10H2,(H,19,23)(H,18,20,22)/t12-/m0/s1. The minimum Gasteiger partial charge on any atom is -0.504 e. The van der Waals surface area contributed by atoms with Crippen molar-refractivity contribution in [3.05, 3.63) is 48.2 Å². The molecule has 1 aliphatic heterocycles. The molecule has 0 radical (unpaired) electrons. The smallest absolute Gasteiger partial charge is 0.227 e. The fraction of sp³-hybridized carbons (Fsp3) is 0.235. The molecule has 0 unspecified atom stereocenters. The highest BCUT2D eigenvalue weighted by molar-refractivity contribution is 5.96. The van der Waals surface area contributed by atoms with Crippen LogP contribution in [-0.4, -0.2) is 21.9 Å². The molecule has 2 aromatic rings. The molecule has 6 nitrogen and oxygen atoms in total. The number of amides is 2. The van der Waals surface area contributed by atoms with E-state index in [9.17, 15) is 14.7 Å². The van der Waals surface area contributed by atoms with Gasteiger partial charge < -0.3 is 15.7 Å². The molecule has 1 aliphatic rings. The van der Waals surface area contributed by atoms with E-state index < -0.39 is 0 Å². The molecule has 0 spiro atoms. The monoisotopic (exact) mass is 311 g/mol. The first-order valence-electron chi connectivity index (χ1n) is 7.46. The first-order chi connectivity index (χ1) is 11.1. The number of carbonyl (C=O) groups is 2. The summed E-state index contributed by atoms with van der Waals surface area (Å²) in [6.07, 6.45) is 2.75. The summed E-state index contributed by atoms with van der Waals surface area (Å²) >= 11 is 0. The van der Waals surface area contributed by atoms with Gasteiger partial charge in [-0.1, -0.05) is 18.2 Å². The van der Waals surface area contributed by atoms with Crippen molar-refractivity contribution in [2.45, 2.75) is 19.3 Å². The number of aromatic hydroxyl groups is 1. The molecule has 3 N–H and O–H groups in total. The zero-order valence-corrected chi connectivity index (χ0v) is 12.5. The molecule has 0 aliphatic carbocycles. The summed E-state index contributed by atoms with van der Waals surface area (Å²) in [5, 5.41) is 15.0. The van der Waals surface area contributed by atoms with Gasteiger partial charge in [0.25, 0.3) is 0 Å². The second-order valence-corrected chi connectivity index (χ2v) is 5.51. The van der Waals surface area contributed by atoms with Gasteiger partial charge in [-0.15, -0.1) is 0 Å². The maximum Gasteiger partial charge on any atom is 0.227 e. The molecule has 0 bridgehead atoms. The summed E-state index contributed by atoms with van der Waals surface area (Å²) in [5.41, 5.74) is 1.93. The number of nitrogens with one attached hydrogen (secondary N) is 2. The minimum atomic E-state index is -0.273. The molecule has 1 aromatic heterocycles. The number of pyridine rings is 1. The zero-order chi connectivity index (χ0) is 16.2. The van der Waals surface area contributed by atoms with Gasteiger partial charge in [0.1, 0.15) is 0 Å². The lowest BCUT2D eigenvalue weighted by Gasteiger charge is -2.24. The lowest BCUT2D eigenvalue weighted by Crippen LogP contribution is -2.30. The highest BCUT2D eigenvalue weighted by Crippen LogP contribution is 2.27. The lowest BCUT2D eigenvalue weighted by atomic mass is 9.89. The van der Waals surface area contributed by atoms with Crippen LogP contribution in [0.15, 0.2) is 42.6 Å². The van der Waals surface area contributed by atoms with Crippen molar-refractivity contribution >= 4 is 23.3 Å². The number of benzene rings is 1. The number of carbonyl (C=O) groups excluding carboxylic acids is 2. The fourth-order valence-corrected chi connectivity index (χ4v) is 2.64. The Morgan fingerprint density at radius 1 is 1.30 bits per heavy atom. The minimum absolute atomic E-state index is 0.0582. The van der Waals surface area contributed by atoms with Crippen LogP contribution in [0, 0.1) is 5.92 Å². The Kier molecular flexibility index (Phi) is 4.23. The van der Waals surface area contributed by atoms with Crippen LogP contribution in [0.25, 0.3) is 0 Å². The predicted octanol–water partition coefficient (Wildman–Crippen LogP) is 2.32. The SMILES string of the molecule is O=C(CC[C@H]1Cc2ccccc2NC1=O)Nc1ncccc1O. The van der Waals surface area contributed by atoms with Crippen LogP contribution >= 0.6 is 0 Å². The number of nitrogens with zero attached hydrogens (tertiary/aromatic N) is 1. The van der Waals surface area contributed by atoms with Gasteiger partial charge in [0.2, 0.25) is 11.8 Å². The molecule has 0 fully saturated rings. The molecule has 23 heavy (non-hydrogen) atoms. The first kappa shape index (κ1) is 15.0. The normalized spacial score (nSPS) is 16.3. The predicted molar refractivity (Wildman–Crippen MR) is 86.0 cm³/mol. The van der Waals surface area contributed by atoms with Crippen LogP contribution in [0.3, 0.4) is 0 Å². The molecule has 2 amide bonds. The van der Waals surface area contributed by atoms with E-state index in [4.69, 9.17) is 0 Å². The quantitative estimate of drug-likeness (QED) is 0.808. The average molecular weight is 311 g/mol. The van der Waals surface area contributed by atoms with Gasteiger partial charge >= 0.3 is 0 Å². The first-order valence-corrected chi connectivity index (χ1v) is 7.46. The molecule has 1 atom stereocenters. The molecule has 3 rings (SSSR count). The molecule has 118 valence electrons. The summed E-state index contributed by atoms with van der Waals surface area (Å²) < 4.78 is 0. The molecule has 1 aromatic carbocycles. The molecule has 2 heterocycles. The topological polar surface area (TPSA) is 91.3 Å². The fourth-order valence-electron chi connectivity index (χ4n) is 2.64. The Morgan fingerprint density at radius 3 is 2.96 bits per heavy atom. The molecule has 0 saturated carbocycles. The number of hydrogen-bond donors (Lipinski definition) is 3. The van der Waals surface area contributed by atoms with Gasteiger partial charge in [0, 0.05) is 24.2 Å². The second kappa shape index (κ2) is 6.48. The van der Waals surface area contributed by atoms with Crippen LogP contribution < -0.4 is 10.6 Å². The number of fused-ring (bicyclic) bond motifs is 1. The average Bonchev–Trinajstić information content (AvgIpc) is 2.55. The Labute approximate surface area is 133 Å². The van der Waals surface area contributed by atoms with Crippen molar-refractivity contribution < 1.29 is 14.7 Å². The number of hydrogen-bond acceptors (Lipinski definition) is 4. The van der Waals surface area contributed by atoms with Crippen molar-refractivity contribution in [3.63, 3.8) is 0 Å². The van der Waals surface area contributed by atoms with E-state index in [1.54, 1.807) is 6.07 Å². The van der Waals surface area contributed by atoms with E-state index in [-0.39, 0.29) is 35.7 Å². The molecule has 0 saturated heterocycles. The summed E-state index contributed by atoms with van der Waals surface area (Å²) in [7, 11) is 0. The summed E-state index contributed by atoms with van der Waals surface area (Å²) in [6.45, 7) is 0. The Balaban J connectivity index is 1.57. The highest BCUT2D eigenvalue weighted by atomic mass is 16.3.